The van der Waals surface area contributed by atoms with Crippen molar-refractivity contribution in [1.29, 1.82) is 0 Å². The average Bonchev–Trinajstić information content (AvgIpc) is 2.41. The van der Waals surface area contributed by atoms with Gasteiger partial charge in [-0.3, -0.25) is 4.79 Å². The molecule has 1 aromatic carbocycles. The molecule has 0 radical (unpaired) electrons. The van der Waals surface area contributed by atoms with Crippen LogP contribution in [0.2, 0.25) is 0 Å². The quantitative estimate of drug-likeness (QED) is 0.759. The average molecular weight is 264 g/mol. The molecule has 0 spiro atoms. The zero-order chi connectivity index (χ0) is 14.1. The maximum atomic E-state index is 11.5. The summed E-state index contributed by atoms with van der Waals surface area (Å²) < 4.78 is 5.64. The molecule has 1 rings (SSSR count). The molecule has 106 valence electrons. The highest BCUT2D eigenvalue weighted by Gasteiger charge is 2.02. The van der Waals surface area contributed by atoms with Crippen LogP contribution in [0, 0.1) is 5.92 Å². The van der Waals surface area contributed by atoms with E-state index in [1.807, 2.05) is 31.2 Å². The van der Waals surface area contributed by atoms with Gasteiger partial charge in [0.2, 0.25) is 5.91 Å². The van der Waals surface area contributed by atoms with E-state index in [2.05, 4.69) is 24.5 Å². The van der Waals surface area contributed by atoms with Crippen molar-refractivity contribution in [2.75, 3.05) is 25.0 Å². The van der Waals surface area contributed by atoms with Crippen LogP contribution in [-0.4, -0.2) is 25.6 Å². The van der Waals surface area contributed by atoms with Gasteiger partial charge in [0.15, 0.2) is 0 Å². The van der Waals surface area contributed by atoms with Crippen LogP contribution in [0.15, 0.2) is 24.3 Å². The molecule has 0 aliphatic heterocycles. The van der Waals surface area contributed by atoms with Crippen LogP contribution in [0.3, 0.4) is 0 Å². The van der Waals surface area contributed by atoms with Crippen molar-refractivity contribution >= 4 is 11.6 Å². The van der Waals surface area contributed by atoms with Crippen LogP contribution < -0.4 is 15.4 Å². The van der Waals surface area contributed by atoms with Gasteiger partial charge < -0.3 is 15.4 Å². The highest BCUT2D eigenvalue weighted by molar-refractivity contribution is 5.80. The first-order valence-corrected chi connectivity index (χ1v) is 6.85. The first-order valence-electron chi connectivity index (χ1n) is 6.85. The summed E-state index contributed by atoms with van der Waals surface area (Å²) >= 11 is 0. The van der Waals surface area contributed by atoms with E-state index in [1.165, 1.54) is 0 Å². The van der Waals surface area contributed by atoms with Crippen molar-refractivity contribution in [3.63, 3.8) is 0 Å². The van der Waals surface area contributed by atoms with Gasteiger partial charge in [-0.2, -0.15) is 0 Å². The maximum absolute atomic E-state index is 11.5. The van der Waals surface area contributed by atoms with E-state index in [4.69, 9.17) is 4.74 Å². The number of nitrogens with one attached hydrogen (secondary N) is 2. The van der Waals surface area contributed by atoms with Crippen LogP contribution in [0.1, 0.15) is 27.2 Å². The number of rotatable bonds is 8. The van der Waals surface area contributed by atoms with Crippen molar-refractivity contribution in [3.05, 3.63) is 24.3 Å². The second kappa shape index (κ2) is 8.40. The Morgan fingerprint density at radius 2 is 2.16 bits per heavy atom. The third-order valence-electron chi connectivity index (χ3n) is 2.44. The third kappa shape index (κ3) is 6.70. The van der Waals surface area contributed by atoms with E-state index in [0.29, 0.717) is 12.5 Å². The lowest BCUT2D eigenvalue weighted by molar-refractivity contribution is -0.119. The molecule has 4 heteroatoms. The summed E-state index contributed by atoms with van der Waals surface area (Å²) in [6, 6.07) is 7.68. The Balaban J connectivity index is 2.41. The van der Waals surface area contributed by atoms with Gasteiger partial charge in [-0.25, -0.2) is 0 Å². The predicted octanol–water partition coefficient (Wildman–Crippen LogP) is 2.66. The molecule has 0 aromatic heterocycles. The maximum Gasteiger partial charge on any atom is 0.239 e. The molecule has 0 saturated carbocycles. The summed E-state index contributed by atoms with van der Waals surface area (Å²) in [6.45, 7) is 7.95. The largest absolute Gasteiger partial charge is 0.493 e. The van der Waals surface area contributed by atoms with E-state index in [0.717, 1.165) is 24.4 Å². The number of benzene rings is 1. The van der Waals surface area contributed by atoms with Crippen molar-refractivity contribution < 1.29 is 9.53 Å². The van der Waals surface area contributed by atoms with E-state index in [-0.39, 0.29) is 12.5 Å². The van der Waals surface area contributed by atoms with E-state index < -0.39 is 0 Å². The summed E-state index contributed by atoms with van der Waals surface area (Å²) in [5.74, 6) is 1.33. The Kier molecular flexibility index (Phi) is 6.79. The van der Waals surface area contributed by atoms with Gasteiger partial charge >= 0.3 is 0 Å². The molecule has 0 aliphatic carbocycles. The zero-order valence-electron chi connectivity index (χ0n) is 12.0. The number of carbonyl (C=O) groups excluding carboxylic acids is 1. The number of carbonyl (C=O) groups is 1. The van der Waals surface area contributed by atoms with Gasteiger partial charge in [-0.05, 0) is 24.5 Å². The Bertz CT molecular complexity index is 391. The Labute approximate surface area is 115 Å². The highest BCUT2D eigenvalue weighted by Crippen LogP contribution is 2.17. The first kappa shape index (κ1) is 15.3. The van der Waals surface area contributed by atoms with Gasteiger partial charge in [0.1, 0.15) is 5.75 Å². The van der Waals surface area contributed by atoms with Crippen molar-refractivity contribution in [2.45, 2.75) is 27.2 Å². The molecule has 0 saturated heterocycles. The molecule has 4 nitrogen and oxygen atoms in total. The standard InChI is InChI=1S/C15H24N2O2/c1-4-8-16-15(18)10-17-13-6-5-7-14(9-13)19-11-12(2)3/h5-7,9,12,17H,4,8,10-11H2,1-3H3,(H,16,18). The summed E-state index contributed by atoms with van der Waals surface area (Å²) in [6.07, 6.45) is 0.949. The highest BCUT2D eigenvalue weighted by atomic mass is 16.5. The third-order valence-corrected chi connectivity index (χ3v) is 2.44. The monoisotopic (exact) mass is 264 g/mol. The molecule has 2 N–H and O–H groups in total. The molecular formula is C15H24N2O2. The summed E-state index contributed by atoms with van der Waals surface area (Å²) in [4.78, 5) is 11.5. The molecule has 1 amide bonds. The number of ether oxygens (including phenoxy) is 1. The Hall–Kier alpha value is -1.71. The molecule has 0 aliphatic rings. The summed E-state index contributed by atoms with van der Waals surface area (Å²) in [5, 5.41) is 5.91. The van der Waals surface area contributed by atoms with Crippen LogP contribution in [0.4, 0.5) is 5.69 Å². The molecule has 19 heavy (non-hydrogen) atoms. The van der Waals surface area contributed by atoms with Crippen LogP contribution in [-0.2, 0) is 4.79 Å². The summed E-state index contributed by atoms with van der Waals surface area (Å²) in [7, 11) is 0. The minimum absolute atomic E-state index is 0.00959. The van der Waals surface area contributed by atoms with E-state index >= 15 is 0 Å². The number of anilines is 1. The lowest BCUT2D eigenvalue weighted by Gasteiger charge is -2.11. The molecule has 0 unspecified atom stereocenters. The fourth-order valence-corrected chi connectivity index (χ4v) is 1.47. The molecule has 0 bridgehead atoms. The molecular weight excluding hydrogens is 240 g/mol. The number of hydrogen-bond donors (Lipinski definition) is 2. The van der Waals surface area contributed by atoms with Gasteiger partial charge in [0.25, 0.3) is 0 Å². The molecule has 0 atom stereocenters. The summed E-state index contributed by atoms with van der Waals surface area (Å²) in [5.41, 5.74) is 0.896. The lowest BCUT2D eigenvalue weighted by Crippen LogP contribution is -2.30. The Morgan fingerprint density at radius 1 is 1.37 bits per heavy atom. The first-order chi connectivity index (χ1) is 9.11. The normalized spacial score (nSPS) is 10.3. The second-order valence-corrected chi connectivity index (χ2v) is 4.94. The molecule has 1 aromatic rings. The van der Waals surface area contributed by atoms with Crippen LogP contribution >= 0.6 is 0 Å². The number of amides is 1. The van der Waals surface area contributed by atoms with Gasteiger partial charge in [-0.15, -0.1) is 0 Å². The SMILES string of the molecule is CCCNC(=O)CNc1cccc(OCC(C)C)c1. The molecule has 0 fully saturated rings. The predicted molar refractivity (Wildman–Crippen MR) is 78.6 cm³/mol. The second-order valence-electron chi connectivity index (χ2n) is 4.94. The van der Waals surface area contributed by atoms with E-state index in [9.17, 15) is 4.79 Å². The Morgan fingerprint density at radius 3 is 2.84 bits per heavy atom. The topological polar surface area (TPSA) is 50.4 Å². The minimum atomic E-state index is 0.00959. The van der Waals surface area contributed by atoms with Gasteiger partial charge in [-0.1, -0.05) is 26.8 Å². The van der Waals surface area contributed by atoms with Crippen LogP contribution in [0.25, 0.3) is 0 Å². The van der Waals surface area contributed by atoms with E-state index in [1.54, 1.807) is 0 Å². The lowest BCUT2D eigenvalue weighted by atomic mass is 10.2. The number of hydrogen-bond acceptors (Lipinski definition) is 3. The van der Waals surface area contributed by atoms with Crippen molar-refractivity contribution in [1.82, 2.24) is 5.32 Å². The van der Waals surface area contributed by atoms with Crippen molar-refractivity contribution in [2.24, 2.45) is 5.92 Å². The fourth-order valence-electron chi connectivity index (χ4n) is 1.47. The van der Waals surface area contributed by atoms with Crippen LogP contribution in [0.5, 0.6) is 5.75 Å². The van der Waals surface area contributed by atoms with Gasteiger partial charge in [0, 0.05) is 18.3 Å². The minimum Gasteiger partial charge on any atom is -0.493 e. The molecule has 0 heterocycles. The zero-order valence-corrected chi connectivity index (χ0v) is 12.0. The van der Waals surface area contributed by atoms with Gasteiger partial charge in [0.05, 0.1) is 13.2 Å². The fraction of sp³-hybridized carbons (Fsp3) is 0.533. The smallest absolute Gasteiger partial charge is 0.239 e. The van der Waals surface area contributed by atoms with Crippen molar-refractivity contribution in [3.8, 4) is 5.75 Å².